The summed E-state index contributed by atoms with van der Waals surface area (Å²) in [5, 5.41) is 0. The molecular weight excluding hydrogens is 129 g/mol. The Morgan fingerprint density at radius 1 is 1.50 bits per heavy atom. The van der Waals surface area contributed by atoms with Crippen LogP contribution < -0.4 is 5.73 Å². The molecule has 1 rings (SSSR count). The van der Waals surface area contributed by atoms with Gasteiger partial charge in [-0.15, -0.1) is 0 Å². The molecule has 2 N–H and O–H groups in total. The van der Waals surface area contributed by atoms with Crippen LogP contribution >= 0.6 is 0 Å². The van der Waals surface area contributed by atoms with Crippen molar-refractivity contribution in [3.63, 3.8) is 0 Å². The van der Waals surface area contributed by atoms with Crippen LogP contribution in [-0.4, -0.2) is 17.3 Å². The predicted molar refractivity (Wildman–Crippen MR) is 37.6 cm³/mol. The molecule has 0 fully saturated rings. The van der Waals surface area contributed by atoms with Crippen molar-refractivity contribution in [1.82, 2.24) is 4.98 Å². The Balaban J connectivity index is 2.85. The largest absolute Gasteiger partial charge is 0.324 e. The average Bonchev–Trinajstić information content (AvgIpc) is 2.05. The van der Waals surface area contributed by atoms with E-state index in [4.69, 9.17) is 5.73 Å². The van der Waals surface area contributed by atoms with Crippen LogP contribution in [0.15, 0.2) is 24.5 Å². The van der Waals surface area contributed by atoms with E-state index in [-0.39, 0.29) is 12.3 Å². The molecule has 0 amide bonds. The third-order valence-electron chi connectivity index (χ3n) is 1.19. The summed E-state index contributed by atoms with van der Waals surface area (Å²) in [5.74, 6) is -0.0533. The zero-order valence-electron chi connectivity index (χ0n) is 5.45. The minimum absolute atomic E-state index is 0.0533. The normalized spacial score (nSPS) is 9.30. The zero-order valence-corrected chi connectivity index (χ0v) is 5.45. The van der Waals surface area contributed by atoms with Crippen LogP contribution in [0.3, 0.4) is 0 Å². The summed E-state index contributed by atoms with van der Waals surface area (Å²) >= 11 is 0. The lowest BCUT2D eigenvalue weighted by atomic mass is 10.3. The third-order valence-corrected chi connectivity index (χ3v) is 1.19. The van der Waals surface area contributed by atoms with Crippen molar-refractivity contribution in [1.29, 1.82) is 0 Å². The Labute approximate surface area is 58.9 Å². The third kappa shape index (κ3) is 1.39. The number of rotatable bonds is 2. The van der Waals surface area contributed by atoms with E-state index in [0.717, 1.165) is 0 Å². The first-order valence-electron chi connectivity index (χ1n) is 2.98. The SMILES string of the molecule is NC[13C](=O)c1ccncc1. The van der Waals surface area contributed by atoms with Gasteiger partial charge in [0.1, 0.15) is 0 Å². The maximum atomic E-state index is 10.9. The van der Waals surface area contributed by atoms with Gasteiger partial charge in [-0.3, -0.25) is 9.78 Å². The summed E-state index contributed by atoms with van der Waals surface area (Å²) in [6, 6.07) is 3.30. The topological polar surface area (TPSA) is 56.0 Å². The molecule has 0 unspecified atom stereocenters. The molecule has 52 valence electrons. The molecule has 1 heterocycles. The Morgan fingerprint density at radius 3 is 2.60 bits per heavy atom. The van der Waals surface area contributed by atoms with Crippen molar-refractivity contribution in [2.75, 3.05) is 6.54 Å². The number of pyridine rings is 1. The number of carbonyl (C=O) groups excluding carboxylic acids is 1. The highest BCUT2D eigenvalue weighted by Gasteiger charge is 1.99. The number of aromatic nitrogens is 1. The van der Waals surface area contributed by atoms with Crippen molar-refractivity contribution in [3.8, 4) is 0 Å². The van der Waals surface area contributed by atoms with E-state index >= 15 is 0 Å². The van der Waals surface area contributed by atoms with Gasteiger partial charge in [0, 0.05) is 18.0 Å². The number of nitrogens with zero attached hydrogens (tertiary/aromatic N) is 1. The molecule has 0 aliphatic carbocycles. The number of nitrogens with two attached hydrogens (primary N) is 1. The Hall–Kier alpha value is -1.22. The van der Waals surface area contributed by atoms with Gasteiger partial charge < -0.3 is 5.73 Å². The number of hydrogen-bond acceptors (Lipinski definition) is 3. The summed E-state index contributed by atoms with van der Waals surface area (Å²) in [6.07, 6.45) is 3.14. The van der Waals surface area contributed by atoms with Crippen molar-refractivity contribution < 1.29 is 4.79 Å². The van der Waals surface area contributed by atoms with E-state index in [1.165, 1.54) is 0 Å². The molecule has 0 aliphatic heterocycles. The van der Waals surface area contributed by atoms with Crippen LogP contribution in [0.2, 0.25) is 0 Å². The van der Waals surface area contributed by atoms with Gasteiger partial charge in [-0.1, -0.05) is 0 Å². The first kappa shape index (κ1) is 6.89. The quantitative estimate of drug-likeness (QED) is 0.468. The molecule has 0 saturated heterocycles. The Bertz CT molecular complexity index is 220. The molecule has 1 aromatic rings. The highest BCUT2D eigenvalue weighted by atomic mass is 16.2. The zero-order chi connectivity index (χ0) is 7.40. The fraction of sp³-hybridized carbons (Fsp3) is 0.143. The van der Waals surface area contributed by atoms with Crippen molar-refractivity contribution in [2.24, 2.45) is 5.73 Å². The monoisotopic (exact) mass is 137 g/mol. The summed E-state index contributed by atoms with van der Waals surface area (Å²) < 4.78 is 0. The van der Waals surface area contributed by atoms with Gasteiger partial charge in [-0.2, -0.15) is 0 Å². The van der Waals surface area contributed by atoms with Crippen LogP contribution in [0.25, 0.3) is 0 Å². The van der Waals surface area contributed by atoms with E-state index in [2.05, 4.69) is 4.98 Å². The Morgan fingerprint density at radius 2 is 2.10 bits per heavy atom. The number of ketones is 1. The predicted octanol–water partition coefficient (Wildman–Crippen LogP) is 0.223. The molecule has 0 aliphatic rings. The molecule has 3 nitrogen and oxygen atoms in total. The fourth-order valence-corrected chi connectivity index (χ4v) is 0.656. The van der Waals surface area contributed by atoms with E-state index in [9.17, 15) is 4.79 Å². The molecule has 0 bridgehead atoms. The van der Waals surface area contributed by atoms with Gasteiger partial charge in [-0.05, 0) is 12.1 Å². The summed E-state index contributed by atoms with van der Waals surface area (Å²) in [4.78, 5) is 14.6. The summed E-state index contributed by atoms with van der Waals surface area (Å²) in [5.41, 5.74) is 5.76. The second-order valence-electron chi connectivity index (χ2n) is 1.86. The number of carbonyl (C=O) groups is 1. The number of Topliss-reactive ketones (excluding diaryl/α,β-unsaturated/α-hetero) is 1. The molecule has 0 aromatic carbocycles. The highest BCUT2D eigenvalue weighted by Crippen LogP contribution is 1.95. The Kier molecular flexibility index (Phi) is 2.12. The maximum Gasteiger partial charge on any atom is 0.176 e. The average molecular weight is 137 g/mol. The van der Waals surface area contributed by atoms with Gasteiger partial charge in [-0.25, -0.2) is 0 Å². The van der Waals surface area contributed by atoms with Gasteiger partial charge >= 0.3 is 0 Å². The number of hydrogen-bond donors (Lipinski definition) is 1. The standard InChI is InChI=1S/C7H8N2O/c8-5-7(10)6-1-3-9-4-2-6/h1-4H,5,8H2/i7+1. The van der Waals surface area contributed by atoms with Gasteiger partial charge in [0.15, 0.2) is 5.78 Å². The molecule has 1 aromatic heterocycles. The van der Waals surface area contributed by atoms with Crippen molar-refractivity contribution in [2.45, 2.75) is 0 Å². The lowest BCUT2D eigenvalue weighted by molar-refractivity contribution is 0.100. The summed E-state index contributed by atoms with van der Waals surface area (Å²) in [6.45, 7) is 0.0595. The smallest absolute Gasteiger partial charge is 0.176 e. The second kappa shape index (κ2) is 3.08. The maximum absolute atomic E-state index is 10.9. The van der Waals surface area contributed by atoms with E-state index in [1.807, 2.05) is 0 Å². The van der Waals surface area contributed by atoms with Crippen molar-refractivity contribution in [3.05, 3.63) is 30.1 Å². The second-order valence-corrected chi connectivity index (χ2v) is 1.86. The van der Waals surface area contributed by atoms with E-state index in [0.29, 0.717) is 5.56 Å². The lowest BCUT2D eigenvalue weighted by Gasteiger charge is -1.93. The highest BCUT2D eigenvalue weighted by molar-refractivity contribution is 5.97. The molecule has 0 spiro atoms. The first-order valence-corrected chi connectivity index (χ1v) is 2.98. The van der Waals surface area contributed by atoms with Crippen LogP contribution in [0, 0.1) is 0 Å². The first-order chi connectivity index (χ1) is 4.84. The van der Waals surface area contributed by atoms with Crippen LogP contribution in [0.5, 0.6) is 0 Å². The molecule has 0 saturated carbocycles. The van der Waals surface area contributed by atoms with Crippen LogP contribution in [0.4, 0.5) is 0 Å². The fourth-order valence-electron chi connectivity index (χ4n) is 0.656. The van der Waals surface area contributed by atoms with Gasteiger partial charge in [0.05, 0.1) is 6.54 Å². The lowest BCUT2D eigenvalue weighted by Crippen LogP contribution is -2.13. The molecule has 10 heavy (non-hydrogen) atoms. The van der Waals surface area contributed by atoms with E-state index < -0.39 is 0 Å². The molecule has 0 radical (unpaired) electrons. The van der Waals surface area contributed by atoms with Crippen LogP contribution in [0.1, 0.15) is 10.4 Å². The van der Waals surface area contributed by atoms with Gasteiger partial charge in [0.2, 0.25) is 0 Å². The minimum atomic E-state index is -0.0533. The molecule has 3 heteroatoms. The van der Waals surface area contributed by atoms with Gasteiger partial charge in [0.25, 0.3) is 0 Å². The van der Waals surface area contributed by atoms with Crippen molar-refractivity contribution >= 4 is 5.78 Å². The minimum Gasteiger partial charge on any atom is -0.324 e. The van der Waals surface area contributed by atoms with Crippen LogP contribution in [-0.2, 0) is 0 Å². The summed E-state index contributed by atoms with van der Waals surface area (Å²) in [7, 11) is 0. The molecule has 0 atom stereocenters. The van der Waals surface area contributed by atoms with E-state index in [1.54, 1.807) is 24.5 Å². The molecular formula is C7H8N2O.